The standard InChI is InChI=1S/C20H16ClN3O2S/c21-17-8-10-19(11-9-17)27(25,26)23-18-12-22-24(14-18)13-16-6-3-5-15-4-1-2-7-20(15)16/h1-12,14,23H,13H2. The van der Waals surface area contributed by atoms with Crippen molar-refractivity contribution in [1.82, 2.24) is 9.78 Å². The molecule has 0 saturated heterocycles. The number of halogens is 1. The molecule has 0 bridgehead atoms. The summed E-state index contributed by atoms with van der Waals surface area (Å²) >= 11 is 5.82. The summed E-state index contributed by atoms with van der Waals surface area (Å²) in [7, 11) is -3.69. The normalized spacial score (nSPS) is 11.6. The number of fused-ring (bicyclic) bond motifs is 1. The van der Waals surface area contributed by atoms with Crippen LogP contribution in [0.3, 0.4) is 0 Å². The summed E-state index contributed by atoms with van der Waals surface area (Å²) in [4.78, 5) is 0.147. The van der Waals surface area contributed by atoms with E-state index in [1.807, 2.05) is 24.3 Å². The molecule has 3 aromatic carbocycles. The number of hydrogen-bond acceptors (Lipinski definition) is 3. The minimum Gasteiger partial charge on any atom is -0.276 e. The maximum atomic E-state index is 12.5. The summed E-state index contributed by atoms with van der Waals surface area (Å²) < 4.78 is 29.2. The summed E-state index contributed by atoms with van der Waals surface area (Å²) in [5.74, 6) is 0. The van der Waals surface area contributed by atoms with Gasteiger partial charge in [0.2, 0.25) is 0 Å². The Bertz CT molecular complexity index is 1200. The van der Waals surface area contributed by atoms with Crippen LogP contribution in [0, 0.1) is 0 Å². The summed E-state index contributed by atoms with van der Waals surface area (Å²) in [6, 6.07) is 20.3. The molecule has 1 aromatic heterocycles. The number of hydrogen-bond donors (Lipinski definition) is 1. The van der Waals surface area contributed by atoms with Gasteiger partial charge in [-0.3, -0.25) is 9.40 Å². The molecular weight excluding hydrogens is 382 g/mol. The first kappa shape index (κ1) is 17.6. The number of rotatable bonds is 5. The van der Waals surface area contributed by atoms with E-state index < -0.39 is 10.0 Å². The van der Waals surface area contributed by atoms with Crippen molar-refractivity contribution in [3.8, 4) is 0 Å². The van der Waals surface area contributed by atoms with Crippen LogP contribution in [0.5, 0.6) is 0 Å². The molecule has 136 valence electrons. The Labute approximate surface area is 162 Å². The molecule has 27 heavy (non-hydrogen) atoms. The molecule has 5 nitrogen and oxygen atoms in total. The zero-order chi connectivity index (χ0) is 18.9. The van der Waals surface area contributed by atoms with E-state index in [9.17, 15) is 8.42 Å². The first-order valence-corrected chi connectivity index (χ1v) is 10.1. The van der Waals surface area contributed by atoms with Crippen molar-refractivity contribution < 1.29 is 8.42 Å². The molecule has 0 amide bonds. The molecule has 7 heteroatoms. The van der Waals surface area contributed by atoms with Gasteiger partial charge in [-0.05, 0) is 40.6 Å². The van der Waals surface area contributed by atoms with Crippen LogP contribution in [0.2, 0.25) is 5.02 Å². The first-order chi connectivity index (χ1) is 13.0. The van der Waals surface area contributed by atoms with Crippen molar-refractivity contribution in [3.63, 3.8) is 0 Å². The van der Waals surface area contributed by atoms with Crippen molar-refractivity contribution in [1.29, 1.82) is 0 Å². The smallest absolute Gasteiger partial charge is 0.261 e. The fourth-order valence-electron chi connectivity index (χ4n) is 2.94. The highest BCUT2D eigenvalue weighted by atomic mass is 35.5. The molecule has 0 radical (unpaired) electrons. The predicted octanol–water partition coefficient (Wildman–Crippen LogP) is 4.54. The van der Waals surface area contributed by atoms with Crippen molar-refractivity contribution in [2.75, 3.05) is 4.72 Å². The molecule has 4 aromatic rings. The van der Waals surface area contributed by atoms with Gasteiger partial charge < -0.3 is 0 Å². The zero-order valence-electron chi connectivity index (χ0n) is 14.2. The zero-order valence-corrected chi connectivity index (χ0v) is 15.8. The Morgan fingerprint density at radius 3 is 2.52 bits per heavy atom. The van der Waals surface area contributed by atoms with Gasteiger partial charge in [-0.2, -0.15) is 5.10 Å². The lowest BCUT2D eigenvalue weighted by Gasteiger charge is -2.07. The van der Waals surface area contributed by atoms with E-state index in [2.05, 4.69) is 28.0 Å². The van der Waals surface area contributed by atoms with Gasteiger partial charge in [-0.1, -0.05) is 54.1 Å². The molecular formula is C20H16ClN3O2S. The fourth-order valence-corrected chi connectivity index (χ4v) is 4.09. The van der Waals surface area contributed by atoms with Crippen molar-refractivity contribution in [2.24, 2.45) is 0 Å². The van der Waals surface area contributed by atoms with Crippen molar-refractivity contribution in [2.45, 2.75) is 11.4 Å². The van der Waals surface area contributed by atoms with Crippen LogP contribution in [0.15, 0.2) is 84.0 Å². The number of anilines is 1. The molecule has 0 aliphatic carbocycles. The number of sulfonamides is 1. The lowest BCUT2D eigenvalue weighted by atomic mass is 10.0. The largest absolute Gasteiger partial charge is 0.276 e. The third kappa shape index (κ3) is 3.82. The van der Waals surface area contributed by atoms with Gasteiger partial charge in [0.1, 0.15) is 0 Å². The van der Waals surface area contributed by atoms with E-state index in [4.69, 9.17) is 11.6 Å². The first-order valence-electron chi connectivity index (χ1n) is 8.29. The lowest BCUT2D eigenvalue weighted by Crippen LogP contribution is -2.12. The molecule has 0 aliphatic heterocycles. The van der Waals surface area contributed by atoms with Gasteiger partial charge in [0.05, 0.1) is 23.3 Å². The van der Waals surface area contributed by atoms with Crippen LogP contribution >= 0.6 is 11.6 Å². The summed E-state index contributed by atoms with van der Waals surface area (Å²) in [6.45, 7) is 0.546. The van der Waals surface area contributed by atoms with E-state index in [1.54, 1.807) is 23.0 Å². The van der Waals surface area contributed by atoms with Crippen molar-refractivity contribution in [3.05, 3.63) is 89.7 Å². The highest BCUT2D eigenvalue weighted by molar-refractivity contribution is 7.92. The second-order valence-corrected chi connectivity index (χ2v) is 8.24. The molecule has 1 heterocycles. The Morgan fingerprint density at radius 1 is 0.963 bits per heavy atom. The number of benzene rings is 3. The highest BCUT2D eigenvalue weighted by Crippen LogP contribution is 2.21. The molecule has 0 aliphatic rings. The molecule has 0 fully saturated rings. The molecule has 1 N–H and O–H groups in total. The van der Waals surface area contributed by atoms with E-state index in [1.165, 1.54) is 18.3 Å². The minimum absolute atomic E-state index is 0.147. The summed E-state index contributed by atoms with van der Waals surface area (Å²) in [6.07, 6.45) is 3.17. The van der Waals surface area contributed by atoms with E-state index in [0.29, 0.717) is 17.3 Å². The monoisotopic (exact) mass is 397 g/mol. The highest BCUT2D eigenvalue weighted by Gasteiger charge is 2.15. The number of nitrogens with zero attached hydrogens (tertiary/aromatic N) is 2. The van der Waals surface area contributed by atoms with E-state index in [0.717, 1.165) is 16.3 Å². The van der Waals surface area contributed by atoms with Crippen LogP contribution < -0.4 is 4.72 Å². The number of aromatic nitrogens is 2. The Morgan fingerprint density at radius 2 is 1.70 bits per heavy atom. The maximum Gasteiger partial charge on any atom is 0.261 e. The SMILES string of the molecule is O=S(=O)(Nc1cnn(Cc2cccc3ccccc23)c1)c1ccc(Cl)cc1. The van der Waals surface area contributed by atoms with Gasteiger partial charge in [0, 0.05) is 11.2 Å². The van der Waals surface area contributed by atoms with Crippen molar-refractivity contribution >= 4 is 38.1 Å². The topological polar surface area (TPSA) is 64.0 Å². The lowest BCUT2D eigenvalue weighted by molar-refractivity contribution is 0.601. The maximum absolute atomic E-state index is 12.5. The average Bonchev–Trinajstić information content (AvgIpc) is 3.08. The van der Waals surface area contributed by atoms with Gasteiger partial charge in [0.15, 0.2) is 0 Å². The molecule has 0 saturated carbocycles. The van der Waals surface area contributed by atoms with Crippen LogP contribution in [-0.2, 0) is 16.6 Å². The van der Waals surface area contributed by atoms with Gasteiger partial charge >= 0.3 is 0 Å². The number of nitrogens with one attached hydrogen (secondary N) is 1. The quantitative estimate of drug-likeness (QED) is 0.537. The van der Waals surface area contributed by atoms with Gasteiger partial charge in [0.25, 0.3) is 10.0 Å². The molecule has 0 atom stereocenters. The molecule has 4 rings (SSSR count). The van der Waals surface area contributed by atoms with Crippen LogP contribution in [0.25, 0.3) is 10.8 Å². The summed E-state index contributed by atoms with van der Waals surface area (Å²) in [5, 5.41) is 7.07. The average molecular weight is 398 g/mol. The fraction of sp³-hybridized carbons (Fsp3) is 0.0500. The molecule has 0 unspecified atom stereocenters. The third-order valence-corrected chi connectivity index (χ3v) is 5.87. The minimum atomic E-state index is -3.69. The van der Waals surface area contributed by atoms with Crippen LogP contribution in [0.4, 0.5) is 5.69 Å². The molecule has 0 spiro atoms. The predicted molar refractivity (Wildman–Crippen MR) is 108 cm³/mol. The second kappa shape index (κ2) is 7.06. The Balaban J connectivity index is 1.56. The Hall–Kier alpha value is -2.83. The van der Waals surface area contributed by atoms with Gasteiger partial charge in [-0.15, -0.1) is 0 Å². The third-order valence-electron chi connectivity index (χ3n) is 4.22. The summed E-state index contributed by atoms with van der Waals surface area (Å²) in [5.41, 5.74) is 1.52. The van der Waals surface area contributed by atoms with E-state index >= 15 is 0 Å². The van der Waals surface area contributed by atoms with Crippen LogP contribution in [-0.4, -0.2) is 18.2 Å². The Kier molecular flexibility index (Phi) is 4.59. The van der Waals surface area contributed by atoms with Gasteiger partial charge in [-0.25, -0.2) is 8.42 Å². The van der Waals surface area contributed by atoms with E-state index in [-0.39, 0.29) is 4.90 Å². The van der Waals surface area contributed by atoms with Crippen LogP contribution in [0.1, 0.15) is 5.56 Å². The second-order valence-electron chi connectivity index (χ2n) is 6.12.